The van der Waals surface area contributed by atoms with Crippen molar-refractivity contribution in [2.75, 3.05) is 39.5 Å². The van der Waals surface area contributed by atoms with Gasteiger partial charge in [-0.15, -0.1) is 0 Å². The van der Waals surface area contributed by atoms with Gasteiger partial charge in [0.2, 0.25) is 0 Å². The summed E-state index contributed by atoms with van der Waals surface area (Å²) >= 11 is 5.80. The maximum absolute atomic E-state index is 5.80. The van der Waals surface area contributed by atoms with Crippen LogP contribution in [-0.2, 0) is 4.74 Å². The molecule has 3 nitrogen and oxygen atoms in total. The molecule has 2 rings (SSSR count). The first-order valence-electron chi connectivity index (χ1n) is 6.18. The average Bonchev–Trinajstić information content (AvgIpc) is 2.42. The Kier molecular flexibility index (Phi) is 5.52. The molecule has 1 aromatic carbocycles. The molecule has 1 aliphatic heterocycles. The largest absolute Gasteiger partial charge is 0.490 e. The van der Waals surface area contributed by atoms with Crippen LogP contribution < -0.4 is 4.74 Å². The number of hydrogen-bond acceptors (Lipinski definition) is 3. The molecule has 4 heteroatoms. The second kappa shape index (κ2) is 7.41. The minimum absolute atomic E-state index is 0.589. The van der Waals surface area contributed by atoms with Crippen molar-refractivity contribution in [1.82, 2.24) is 4.90 Å². The fraction of sp³-hybridized carbons (Fsp3) is 0.429. The van der Waals surface area contributed by atoms with E-state index in [2.05, 4.69) is 11.0 Å². The molecule has 0 atom stereocenters. The van der Waals surface area contributed by atoms with Crippen LogP contribution in [0.1, 0.15) is 0 Å². The summed E-state index contributed by atoms with van der Waals surface area (Å²) in [6, 6.07) is 7.40. The van der Waals surface area contributed by atoms with Gasteiger partial charge in [0.25, 0.3) is 0 Å². The summed E-state index contributed by atoms with van der Waals surface area (Å²) in [4.78, 5) is 2.36. The van der Waals surface area contributed by atoms with Crippen LogP contribution in [0.25, 0.3) is 0 Å². The standard InChI is InChI=1S/C14H18ClNO2/c15-13-3-5-14(6-4-13)18-10-2-1-7-16-8-11-17-12-9-16/h1-6H,7-12H2/b2-1+. The Balaban J connectivity index is 1.63. The van der Waals surface area contributed by atoms with Gasteiger partial charge in [-0.2, -0.15) is 0 Å². The third-order valence-electron chi connectivity index (χ3n) is 2.79. The van der Waals surface area contributed by atoms with Gasteiger partial charge in [0.15, 0.2) is 0 Å². The molecule has 0 aromatic heterocycles. The lowest BCUT2D eigenvalue weighted by molar-refractivity contribution is 0.0434. The molecule has 1 aromatic rings. The Morgan fingerprint density at radius 3 is 2.61 bits per heavy atom. The zero-order valence-electron chi connectivity index (χ0n) is 10.3. The van der Waals surface area contributed by atoms with Gasteiger partial charge in [-0.25, -0.2) is 0 Å². The number of morpholine rings is 1. The van der Waals surface area contributed by atoms with Crippen molar-refractivity contribution in [3.63, 3.8) is 0 Å². The highest BCUT2D eigenvalue weighted by Gasteiger charge is 2.07. The lowest BCUT2D eigenvalue weighted by Crippen LogP contribution is -2.36. The number of rotatable bonds is 5. The molecule has 1 heterocycles. The molecular formula is C14H18ClNO2. The average molecular weight is 268 g/mol. The van der Waals surface area contributed by atoms with Crippen molar-refractivity contribution in [1.29, 1.82) is 0 Å². The number of hydrogen-bond donors (Lipinski definition) is 0. The van der Waals surface area contributed by atoms with E-state index in [1.165, 1.54) is 0 Å². The first kappa shape index (κ1) is 13.4. The van der Waals surface area contributed by atoms with E-state index in [0.29, 0.717) is 6.61 Å². The first-order chi connectivity index (χ1) is 8.84. The molecule has 0 spiro atoms. The van der Waals surface area contributed by atoms with Crippen molar-refractivity contribution < 1.29 is 9.47 Å². The molecule has 0 bridgehead atoms. The van der Waals surface area contributed by atoms with Crippen molar-refractivity contribution >= 4 is 11.6 Å². The lowest BCUT2D eigenvalue weighted by Gasteiger charge is -2.25. The van der Waals surface area contributed by atoms with E-state index in [0.717, 1.165) is 43.6 Å². The van der Waals surface area contributed by atoms with E-state index in [-0.39, 0.29) is 0 Å². The van der Waals surface area contributed by atoms with Gasteiger partial charge < -0.3 is 9.47 Å². The van der Waals surface area contributed by atoms with Crippen molar-refractivity contribution in [2.24, 2.45) is 0 Å². The van der Waals surface area contributed by atoms with Gasteiger partial charge in [0.1, 0.15) is 12.4 Å². The molecule has 1 aliphatic rings. The van der Waals surface area contributed by atoms with Crippen LogP contribution in [0.4, 0.5) is 0 Å². The molecule has 0 unspecified atom stereocenters. The number of nitrogens with zero attached hydrogens (tertiary/aromatic N) is 1. The van der Waals surface area contributed by atoms with Crippen molar-refractivity contribution in [3.05, 3.63) is 41.4 Å². The second-order valence-electron chi connectivity index (χ2n) is 4.15. The van der Waals surface area contributed by atoms with E-state index < -0.39 is 0 Å². The van der Waals surface area contributed by atoms with E-state index in [4.69, 9.17) is 21.1 Å². The van der Waals surface area contributed by atoms with E-state index in [9.17, 15) is 0 Å². The van der Waals surface area contributed by atoms with E-state index >= 15 is 0 Å². The van der Waals surface area contributed by atoms with E-state index in [1.54, 1.807) is 0 Å². The number of halogens is 1. The number of ether oxygens (including phenoxy) is 2. The van der Waals surface area contributed by atoms with Gasteiger partial charge in [0.05, 0.1) is 13.2 Å². The Morgan fingerprint density at radius 2 is 1.89 bits per heavy atom. The summed E-state index contributed by atoms with van der Waals surface area (Å²) in [6.07, 6.45) is 4.19. The Morgan fingerprint density at radius 1 is 1.17 bits per heavy atom. The van der Waals surface area contributed by atoms with Crippen molar-refractivity contribution in [2.45, 2.75) is 0 Å². The van der Waals surface area contributed by atoms with Crippen LogP contribution in [0.2, 0.25) is 5.02 Å². The Bertz CT molecular complexity index is 372. The fourth-order valence-electron chi connectivity index (χ4n) is 1.75. The molecule has 0 amide bonds. The second-order valence-corrected chi connectivity index (χ2v) is 4.59. The SMILES string of the molecule is Clc1ccc(OC/C=C/CN2CCOCC2)cc1. The molecule has 0 N–H and O–H groups in total. The third-order valence-corrected chi connectivity index (χ3v) is 3.05. The smallest absolute Gasteiger partial charge is 0.119 e. The predicted molar refractivity (Wildman–Crippen MR) is 73.3 cm³/mol. The molecular weight excluding hydrogens is 250 g/mol. The molecule has 18 heavy (non-hydrogen) atoms. The van der Waals surface area contributed by atoms with Gasteiger partial charge in [-0.1, -0.05) is 23.8 Å². The van der Waals surface area contributed by atoms with Crippen LogP contribution in [0.15, 0.2) is 36.4 Å². The Hall–Kier alpha value is -1.03. The third kappa shape index (κ3) is 4.69. The summed E-state index contributed by atoms with van der Waals surface area (Å²) in [5.74, 6) is 0.843. The summed E-state index contributed by atoms with van der Waals surface area (Å²) in [6.45, 7) is 5.27. The quantitative estimate of drug-likeness (QED) is 0.766. The maximum atomic E-state index is 5.80. The summed E-state index contributed by atoms with van der Waals surface area (Å²) in [5.41, 5.74) is 0. The highest BCUT2D eigenvalue weighted by Crippen LogP contribution is 2.15. The molecule has 1 saturated heterocycles. The number of benzene rings is 1. The normalized spacial score (nSPS) is 17.2. The Labute approximate surface area is 113 Å². The van der Waals surface area contributed by atoms with Crippen LogP contribution in [0.3, 0.4) is 0 Å². The maximum Gasteiger partial charge on any atom is 0.119 e. The van der Waals surface area contributed by atoms with Crippen LogP contribution in [0.5, 0.6) is 5.75 Å². The van der Waals surface area contributed by atoms with Gasteiger partial charge in [0, 0.05) is 24.7 Å². The van der Waals surface area contributed by atoms with Crippen molar-refractivity contribution in [3.8, 4) is 5.75 Å². The summed E-state index contributed by atoms with van der Waals surface area (Å²) in [5, 5.41) is 0.727. The minimum Gasteiger partial charge on any atom is -0.490 e. The van der Waals surface area contributed by atoms with Crippen LogP contribution in [0, 0.1) is 0 Å². The fourth-order valence-corrected chi connectivity index (χ4v) is 1.88. The van der Waals surface area contributed by atoms with Gasteiger partial charge in [-0.3, -0.25) is 4.90 Å². The zero-order valence-corrected chi connectivity index (χ0v) is 11.1. The van der Waals surface area contributed by atoms with Gasteiger partial charge >= 0.3 is 0 Å². The van der Waals surface area contributed by atoms with Gasteiger partial charge in [-0.05, 0) is 24.3 Å². The highest BCUT2D eigenvalue weighted by molar-refractivity contribution is 6.30. The highest BCUT2D eigenvalue weighted by atomic mass is 35.5. The first-order valence-corrected chi connectivity index (χ1v) is 6.56. The lowest BCUT2D eigenvalue weighted by atomic mass is 10.3. The summed E-state index contributed by atoms with van der Waals surface area (Å²) < 4.78 is 10.9. The topological polar surface area (TPSA) is 21.7 Å². The molecule has 0 saturated carbocycles. The molecule has 1 fully saturated rings. The van der Waals surface area contributed by atoms with E-state index in [1.807, 2.05) is 30.3 Å². The zero-order chi connectivity index (χ0) is 12.6. The molecule has 0 aliphatic carbocycles. The van der Waals surface area contributed by atoms with Crippen LogP contribution in [-0.4, -0.2) is 44.4 Å². The molecule has 0 radical (unpaired) electrons. The predicted octanol–water partition coefficient (Wildman–Crippen LogP) is 2.61. The van der Waals surface area contributed by atoms with Crippen LogP contribution >= 0.6 is 11.6 Å². The monoisotopic (exact) mass is 267 g/mol. The minimum atomic E-state index is 0.589. The molecule has 98 valence electrons. The summed E-state index contributed by atoms with van der Waals surface area (Å²) in [7, 11) is 0.